The molecule has 17 heavy (non-hydrogen) atoms. The van der Waals surface area contributed by atoms with Gasteiger partial charge in [0.15, 0.2) is 15.6 Å². The van der Waals surface area contributed by atoms with Crippen LogP contribution < -0.4 is 0 Å². The number of Topliss-reactive ketones (excluding diaryl/α,β-unsaturated/α-hetero) is 1. The average Bonchev–Trinajstić information content (AvgIpc) is 2.69. The Hall–Kier alpha value is -1.67. The molecule has 0 N–H and O–H groups in total. The van der Waals surface area contributed by atoms with E-state index in [1.807, 2.05) is 6.07 Å². The van der Waals surface area contributed by atoms with Crippen molar-refractivity contribution < 1.29 is 13.2 Å². The Kier molecular flexibility index (Phi) is 2.99. The van der Waals surface area contributed by atoms with Crippen molar-refractivity contribution in [1.82, 2.24) is 0 Å². The van der Waals surface area contributed by atoms with E-state index < -0.39 is 15.8 Å². The molecule has 1 saturated heterocycles. The number of nitrogens with zero attached hydrogens (tertiary/aromatic N) is 1. The van der Waals surface area contributed by atoms with E-state index in [-0.39, 0.29) is 17.3 Å². The molecule has 88 valence electrons. The van der Waals surface area contributed by atoms with Crippen molar-refractivity contribution in [1.29, 1.82) is 5.26 Å². The molecule has 0 aromatic heterocycles. The highest BCUT2D eigenvalue weighted by Gasteiger charge is 2.33. The summed E-state index contributed by atoms with van der Waals surface area (Å²) in [6.45, 7) is 0. The highest BCUT2D eigenvalue weighted by atomic mass is 32.2. The maximum absolute atomic E-state index is 12.0. The number of benzene rings is 1. The van der Waals surface area contributed by atoms with Crippen molar-refractivity contribution in [3.8, 4) is 6.07 Å². The first-order valence-corrected chi connectivity index (χ1v) is 7.09. The molecule has 0 spiro atoms. The fourth-order valence-electron chi connectivity index (χ4n) is 1.95. The first kappa shape index (κ1) is 11.8. The van der Waals surface area contributed by atoms with Crippen LogP contribution in [-0.2, 0) is 9.84 Å². The lowest BCUT2D eigenvalue weighted by Gasteiger charge is -2.06. The third-order valence-corrected chi connectivity index (χ3v) is 4.67. The van der Waals surface area contributed by atoms with E-state index in [9.17, 15) is 13.2 Å². The summed E-state index contributed by atoms with van der Waals surface area (Å²) >= 11 is 0. The molecule has 5 heteroatoms. The molecule has 2 rings (SSSR count). The summed E-state index contributed by atoms with van der Waals surface area (Å²) in [5, 5.41) is 8.63. The maximum Gasteiger partial charge on any atom is 0.166 e. The van der Waals surface area contributed by atoms with E-state index in [0.29, 0.717) is 17.5 Å². The summed E-state index contributed by atoms with van der Waals surface area (Å²) in [4.78, 5) is 12.0. The summed E-state index contributed by atoms with van der Waals surface area (Å²) < 4.78 is 22.6. The minimum absolute atomic E-state index is 0.0498. The van der Waals surface area contributed by atoms with Gasteiger partial charge in [0.05, 0.1) is 23.1 Å². The van der Waals surface area contributed by atoms with Crippen LogP contribution in [0.15, 0.2) is 24.3 Å². The lowest BCUT2D eigenvalue weighted by molar-refractivity contribution is 0.0933. The smallest absolute Gasteiger partial charge is 0.166 e. The van der Waals surface area contributed by atoms with Crippen molar-refractivity contribution in [2.45, 2.75) is 6.42 Å². The number of rotatable bonds is 2. The van der Waals surface area contributed by atoms with Crippen molar-refractivity contribution in [3.63, 3.8) is 0 Å². The number of carbonyl (C=O) groups excluding carboxylic acids is 1. The van der Waals surface area contributed by atoms with E-state index in [2.05, 4.69) is 0 Å². The zero-order chi connectivity index (χ0) is 12.5. The van der Waals surface area contributed by atoms with Crippen LogP contribution in [0, 0.1) is 17.2 Å². The first-order chi connectivity index (χ1) is 8.02. The molecule has 0 saturated carbocycles. The number of ketones is 1. The number of hydrogen-bond acceptors (Lipinski definition) is 4. The maximum atomic E-state index is 12.0. The van der Waals surface area contributed by atoms with Crippen LogP contribution in [0.1, 0.15) is 22.3 Å². The van der Waals surface area contributed by atoms with Crippen LogP contribution >= 0.6 is 0 Å². The summed E-state index contributed by atoms with van der Waals surface area (Å²) in [6, 6.07) is 8.25. The molecule has 1 aromatic rings. The van der Waals surface area contributed by atoms with E-state index in [0.717, 1.165) is 0 Å². The molecule has 1 aromatic carbocycles. The van der Waals surface area contributed by atoms with E-state index >= 15 is 0 Å². The normalized spacial score (nSPS) is 21.9. The third-order valence-electron chi connectivity index (χ3n) is 2.90. The molecule has 1 heterocycles. The van der Waals surface area contributed by atoms with E-state index in [4.69, 9.17) is 5.26 Å². The van der Waals surface area contributed by atoms with Gasteiger partial charge in [-0.1, -0.05) is 12.1 Å². The molecule has 0 aliphatic carbocycles. The second-order valence-corrected chi connectivity index (χ2v) is 6.38. The summed E-state index contributed by atoms with van der Waals surface area (Å²) in [5.41, 5.74) is 0.965. The summed E-state index contributed by atoms with van der Waals surface area (Å²) in [7, 11) is -3.03. The number of hydrogen-bond donors (Lipinski definition) is 0. The summed E-state index contributed by atoms with van der Waals surface area (Å²) in [5.74, 6) is -0.519. The van der Waals surface area contributed by atoms with Gasteiger partial charge in [0.2, 0.25) is 0 Å². The highest BCUT2D eigenvalue weighted by Crippen LogP contribution is 2.22. The Morgan fingerprint density at radius 2 is 1.94 bits per heavy atom. The molecule has 1 unspecified atom stereocenters. The predicted octanol–water partition coefficient (Wildman–Crippen LogP) is 1.18. The van der Waals surface area contributed by atoms with Crippen LogP contribution in [-0.4, -0.2) is 25.7 Å². The topological polar surface area (TPSA) is 75.0 Å². The zero-order valence-corrected chi connectivity index (χ0v) is 9.90. The Balaban J connectivity index is 2.18. The van der Waals surface area contributed by atoms with Gasteiger partial charge in [-0.15, -0.1) is 0 Å². The fraction of sp³-hybridized carbons (Fsp3) is 0.333. The van der Waals surface area contributed by atoms with Crippen molar-refractivity contribution in [2.24, 2.45) is 5.92 Å². The fourth-order valence-corrected chi connectivity index (χ4v) is 3.69. The monoisotopic (exact) mass is 249 g/mol. The molecular weight excluding hydrogens is 238 g/mol. The Bertz CT molecular complexity index is 581. The van der Waals surface area contributed by atoms with Crippen LogP contribution in [0.25, 0.3) is 0 Å². The van der Waals surface area contributed by atoms with Crippen LogP contribution in [0.4, 0.5) is 0 Å². The molecule has 1 aliphatic heterocycles. The van der Waals surface area contributed by atoms with E-state index in [1.165, 1.54) is 0 Å². The van der Waals surface area contributed by atoms with Gasteiger partial charge in [0.25, 0.3) is 0 Å². The molecule has 0 bridgehead atoms. The molecule has 4 nitrogen and oxygen atoms in total. The molecule has 1 fully saturated rings. The number of nitriles is 1. The van der Waals surface area contributed by atoms with Crippen LogP contribution in [0.3, 0.4) is 0 Å². The second kappa shape index (κ2) is 4.30. The molecule has 1 aliphatic rings. The average molecular weight is 249 g/mol. The summed E-state index contributed by atoms with van der Waals surface area (Å²) in [6.07, 6.45) is 0.404. The predicted molar refractivity (Wildman–Crippen MR) is 62.2 cm³/mol. The minimum Gasteiger partial charge on any atom is -0.294 e. The lowest BCUT2D eigenvalue weighted by Crippen LogP contribution is -2.16. The SMILES string of the molecule is N#Cc1ccc(C(=O)C2CCS(=O)(=O)C2)cc1. The molecule has 1 atom stereocenters. The van der Waals surface area contributed by atoms with Gasteiger partial charge >= 0.3 is 0 Å². The lowest BCUT2D eigenvalue weighted by atomic mass is 9.97. The Labute approximate surface area is 99.8 Å². The van der Waals surface area contributed by atoms with Crippen LogP contribution in [0.5, 0.6) is 0 Å². The quantitative estimate of drug-likeness (QED) is 0.737. The van der Waals surface area contributed by atoms with Gasteiger partial charge in [-0.05, 0) is 18.6 Å². The molecule has 0 amide bonds. The largest absolute Gasteiger partial charge is 0.294 e. The number of carbonyl (C=O) groups is 1. The first-order valence-electron chi connectivity index (χ1n) is 5.26. The van der Waals surface area contributed by atoms with Crippen molar-refractivity contribution >= 4 is 15.6 Å². The third kappa shape index (κ3) is 2.53. The van der Waals surface area contributed by atoms with E-state index in [1.54, 1.807) is 24.3 Å². The van der Waals surface area contributed by atoms with Crippen LogP contribution in [0.2, 0.25) is 0 Å². The van der Waals surface area contributed by atoms with Gasteiger partial charge in [-0.25, -0.2) is 8.42 Å². The minimum atomic E-state index is -3.03. The molecular formula is C12H11NO3S. The van der Waals surface area contributed by atoms with Gasteiger partial charge < -0.3 is 0 Å². The zero-order valence-electron chi connectivity index (χ0n) is 9.09. The van der Waals surface area contributed by atoms with Gasteiger partial charge in [0.1, 0.15) is 0 Å². The van der Waals surface area contributed by atoms with Gasteiger partial charge in [-0.3, -0.25) is 4.79 Å². The standard InChI is InChI=1S/C12H11NO3S/c13-7-9-1-3-10(4-2-9)12(14)11-5-6-17(15,16)8-11/h1-4,11H,5-6,8H2. The highest BCUT2D eigenvalue weighted by molar-refractivity contribution is 7.91. The Morgan fingerprint density at radius 3 is 2.41 bits per heavy atom. The molecule has 0 radical (unpaired) electrons. The number of sulfone groups is 1. The van der Waals surface area contributed by atoms with Crippen molar-refractivity contribution in [2.75, 3.05) is 11.5 Å². The Morgan fingerprint density at radius 1 is 1.29 bits per heavy atom. The van der Waals surface area contributed by atoms with Gasteiger partial charge in [0, 0.05) is 11.5 Å². The second-order valence-electron chi connectivity index (χ2n) is 4.15. The van der Waals surface area contributed by atoms with Crippen molar-refractivity contribution in [3.05, 3.63) is 35.4 Å². The van der Waals surface area contributed by atoms with Gasteiger partial charge in [-0.2, -0.15) is 5.26 Å².